The molecule has 0 spiro atoms. The second-order valence-corrected chi connectivity index (χ2v) is 9.55. The number of halogens is 1. The molecule has 0 bridgehead atoms. The lowest BCUT2D eigenvalue weighted by atomic mass is 10.2. The van der Waals surface area contributed by atoms with Crippen molar-refractivity contribution in [1.29, 1.82) is 0 Å². The maximum Gasteiger partial charge on any atom is 0.339 e. The van der Waals surface area contributed by atoms with Crippen molar-refractivity contribution in [2.45, 2.75) is 9.99 Å². The first-order valence-electron chi connectivity index (χ1n) is 10.1. The molecule has 0 atom stereocenters. The number of thioether (sulfide) groups is 1. The summed E-state index contributed by atoms with van der Waals surface area (Å²) in [6.07, 6.45) is 1.47. The number of benzene rings is 2. The van der Waals surface area contributed by atoms with Crippen LogP contribution in [0.15, 0.2) is 80.0 Å². The van der Waals surface area contributed by atoms with Gasteiger partial charge < -0.3 is 14.5 Å². The fraction of sp³-hybridized carbons (Fsp3) is 0.0833. The molecule has 1 aliphatic heterocycles. The summed E-state index contributed by atoms with van der Waals surface area (Å²) in [5, 5.41) is 2.77. The molecular formula is C24H17ClN2O6S2. The molecule has 1 aliphatic rings. The number of carbonyl (C=O) groups excluding carboxylic acids is 4. The molecule has 3 amide bonds. The number of hydrogen-bond acceptors (Lipinski definition) is 8. The highest BCUT2D eigenvalue weighted by Gasteiger charge is 2.36. The molecule has 8 nitrogen and oxygen atoms in total. The Kier molecular flexibility index (Phi) is 7.64. The van der Waals surface area contributed by atoms with Crippen molar-refractivity contribution in [3.63, 3.8) is 0 Å². The Morgan fingerprint density at radius 3 is 2.66 bits per heavy atom. The van der Waals surface area contributed by atoms with Gasteiger partial charge in [-0.05, 0) is 54.2 Å². The Bertz CT molecular complexity index is 1340. The van der Waals surface area contributed by atoms with Crippen molar-refractivity contribution in [3.05, 3.63) is 81.9 Å². The maximum absolute atomic E-state index is 12.7. The summed E-state index contributed by atoms with van der Waals surface area (Å²) in [6.45, 7) is -0.495. The van der Waals surface area contributed by atoms with Gasteiger partial charge in [-0.3, -0.25) is 19.3 Å². The van der Waals surface area contributed by atoms with Crippen LogP contribution in [0.5, 0.6) is 0 Å². The number of nitrogens with zero attached hydrogens (tertiary/aromatic N) is 1. The Morgan fingerprint density at radius 2 is 1.91 bits per heavy atom. The standard InChI is InChI=1S/C24H17ClN2O6S2/c1-32-23(30)17-11-14(7-9-18(17)25)26-20(28)13-27-22(29)19(35-24(27)31)12-15-8-10-21(33-15)34-16-5-3-2-4-6-16/h2-12H,13H2,1H3,(H,26,28)/b19-12-. The lowest BCUT2D eigenvalue weighted by Gasteiger charge is -2.13. The second kappa shape index (κ2) is 10.9. The van der Waals surface area contributed by atoms with E-state index in [0.717, 1.165) is 21.6 Å². The van der Waals surface area contributed by atoms with Gasteiger partial charge in [0, 0.05) is 16.7 Å². The quantitative estimate of drug-likeness (QED) is 0.314. The number of nitrogens with one attached hydrogen (secondary N) is 1. The topological polar surface area (TPSA) is 106 Å². The minimum Gasteiger partial charge on any atom is -0.465 e. The number of ether oxygens (including phenoxy) is 1. The molecule has 2 aromatic carbocycles. The van der Waals surface area contributed by atoms with Crippen molar-refractivity contribution in [3.8, 4) is 0 Å². The van der Waals surface area contributed by atoms with E-state index >= 15 is 0 Å². The van der Waals surface area contributed by atoms with Gasteiger partial charge in [-0.2, -0.15) is 0 Å². The number of furan rings is 1. The molecule has 0 unspecified atom stereocenters. The average molecular weight is 529 g/mol. The number of amides is 3. The summed E-state index contributed by atoms with van der Waals surface area (Å²) in [6, 6.07) is 17.4. The normalized spacial score (nSPS) is 14.5. The minimum atomic E-state index is -0.662. The van der Waals surface area contributed by atoms with Gasteiger partial charge in [0.25, 0.3) is 11.1 Å². The van der Waals surface area contributed by atoms with Crippen molar-refractivity contribution in [2.24, 2.45) is 0 Å². The average Bonchev–Trinajstić information content (AvgIpc) is 3.39. The predicted octanol–water partition coefficient (Wildman–Crippen LogP) is 5.55. The van der Waals surface area contributed by atoms with Gasteiger partial charge in [-0.25, -0.2) is 4.79 Å². The molecule has 1 aromatic heterocycles. The highest BCUT2D eigenvalue weighted by atomic mass is 35.5. The van der Waals surface area contributed by atoms with Crippen molar-refractivity contribution >= 4 is 69.9 Å². The molecule has 1 N–H and O–H groups in total. The zero-order valence-electron chi connectivity index (χ0n) is 18.1. The lowest BCUT2D eigenvalue weighted by molar-refractivity contribution is -0.127. The van der Waals surface area contributed by atoms with Crippen molar-refractivity contribution in [2.75, 3.05) is 19.0 Å². The number of hydrogen-bond donors (Lipinski definition) is 1. The molecule has 0 aliphatic carbocycles. The van der Waals surface area contributed by atoms with Crippen LogP contribution in [-0.2, 0) is 14.3 Å². The van der Waals surface area contributed by atoms with Gasteiger partial charge in [0.05, 0.1) is 22.6 Å². The van der Waals surface area contributed by atoms with Crippen molar-refractivity contribution < 1.29 is 28.3 Å². The predicted molar refractivity (Wildman–Crippen MR) is 133 cm³/mol. The van der Waals surface area contributed by atoms with Gasteiger partial charge in [0.15, 0.2) is 5.09 Å². The molecule has 178 valence electrons. The summed E-state index contributed by atoms with van der Waals surface area (Å²) in [7, 11) is 1.21. The third-order valence-electron chi connectivity index (χ3n) is 4.67. The lowest BCUT2D eigenvalue weighted by Crippen LogP contribution is -2.36. The zero-order chi connectivity index (χ0) is 24.9. The van der Waals surface area contributed by atoms with Crippen LogP contribution in [0.25, 0.3) is 6.08 Å². The van der Waals surface area contributed by atoms with E-state index in [1.54, 1.807) is 12.1 Å². The molecule has 1 saturated heterocycles. The number of anilines is 1. The Balaban J connectivity index is 1.40. The number of methoxy groups -OCH3 is 1. The van der Waals surface area contributed by atoms with Gasteiger partial charge in [-0.1, -0.05) is 41.6 Å². The SMILES string of the molecule is COC(=O)c1cc(NC(=O)CN2C(=O)S/C(=C\c3ccc(Sc4ccccc4)o3)C2=O)ccc1Cl. The summed E-state index contributed by atoms with van der Waals surface area (Å²) in [5.74, 6) is -1.47. The third kappa shape index (κ3) is 5.97. The van der Waals surface area contributed by atoms with Crippen molar-refractivity contribution in [1.82, 2.24) is 4.90 Å². The number of imide groups is 1. The second-order valence-electron chi connectivity index (χ2n) is 7.07. The first kappa shape index (κ1) is 24.6. The Hall–Kier alpha value is -3.47. The maximum atomic E-state index is 12.7. The fourth-order valence-electron chi connectivity index (χ4n) is 3.05. The van der Waals surface area contributed by atoms with Crippen LogP contribution >= 0.6 is 35.1 Å². The Labute approximate surface area is 213 Å². The largest absolute Gasteiger partial charge is 0.465 e. The molecule has 3 aromatic rings. The first-order valence-corrected chi connectivity index (χ1v) is 12.1. The van der Waals surface area contributed by atoms with Crippen LogP contribution in [0, 0.1) is 0 Å². The minimum absolute atomic E-state index is 0.0734. The molecule has 35 heavy (non-hydrogen) atoms. The van der Waals surface area contributed by atoms with E-state index in [9.17, 15) is 19.2 Å². The van der Waals surface area contributed by atoms with Crippen LogP contribution < -0.4 is 5.32 Å². The summed E-state index contributed by atoms with van der Waals surface area (Å²) >= 11 is 8.13. The Morgan fingerprint density at radius 1 is 1.14 bits per heavy atom. The molecule has 1 fully saturated rings. The molecule has 2 heterocycles. The van der Waals surface area contributed by atoms with Gasteiger partial charge in [0.2, 0.25) is 5.91 Å². The molecule has 4 rings (SSSR count). The zero-order valence-corrected chi connectivity index (χ0v) is 20.5. The molecule has 11 heteroatoms. The third-order valence-corrected chi connectivity index (χ3v) is 6.83. The van der Waals surface area contributed by atoms with Crippen LogP contribution in [0.2, 0.25) is 5.02 Å². The number of rotatable bonds is 7. The molecule has 0 saturated carbocycles. The fourth-order valence-corrected chi connectivity index (χ4v) is 4.86. The first-order chi connectivity index (χ1) is 16.8. The summed E-state index contributed by atoms with van der Waals surface area (Å²) in [5.41, 5.74) is 0.339. The number of carbonyl (C=O) groups is 4. The van der Waals surface area contributed by atoms with E-state index < -0.39 is 29.6 Å². The van der Waals surface area contributed by atoms with E-state index in [1.165, 1.54) is 43.1 Å². The highest BCUT2D eigenvalue weighted by molar-refractivity contribution is 8.18. The van der Waals surface area contributed by atoms with E-state index in [4.69, 9.17) is 16.0 Å². The highest BCUT2D eigenvalue weighted by Crippen LogP contribution is 2.34. The monoisotopic (exact) mass is 528 g/mol. The van der Waals surface area contributed by atoms with E-state index in [-0.39, 0.29) is 21.2 Å². The van der Waals surface area contributed by atoms with Gasteiger partial charge in [0.1, 0.15) is 12.3 Å². The van der Waals surface area contributed by atoms with Gasteiger partial charge >= 0.3 is 5.97 Å². The van der Waals surface area contributed by atoms with Crippen LogP contribution in [0.4, 0.5) is 10.5 Å². The summed E-state index contributed by atoms with van der Waals surface area (Å²) in [4.78, 5) is 51.4. The smallest absolute Gasteiger partial charge is 0.339 e. The van der Waals surface area contributed by atoms with Crippen LogP contribution in [0.3, 0.4) is 0 Å². The summed E-state index contributed by atoms with van der Waals surface area (Å²) < 4.78 is 10.4. The van der Waals surface area contributed by atoms with E-state index in [1.807, 2.05) is 30.3 Å². The molecular weight excluding hydrogens is 512 g/mol. The number of esters is 1. The van der Waals surface area contributed by atoms with Crippen LogP contribution in [-0.4, -0.2) is 41.6 Å². The molecule has 0 radical (unpaired) electrons. The van der Waals surface area contributed by atoms with E-state index in [0.29, 0.717) is 10.9 Å². The van der Waals surface area contributed by atoms with Crippen LogP contribution in [0.1, 0.15) is 16.1 Å². The van der Waals surface area contributed by atoms with E-state index in [2.05, 4.69) is 10.1 Å². The van der Waals surface area contributed by atoms with Gasteiger partial charge in [-0.15, -0.1) is 0 Å².